The van der Waals surface area contributed by atoms with Crippen molar-refractivity contribution >= 4 is 27.6 Å². The molecule has 6 nitrogen and oxygen atoms in total. The fourth-order valence-corrected chi connectivity index (χ4v) is 4.17. The number of piperidine rings is 1. The molecule has 0 saturated carbocycles. The van der Waals surface area contributed by atoms with Crippen LogP contribution in [0.25, 0.3) is 5.82 Å². The van der Waals surface area contributed by atoms with Gasteiger partial charge < -0.3 is 20.6 Å². The molecular formula is C19H24BrN5O. The van der Waals surface area contributed by atoms with E-state index in [1.807, 2.05) is 22.9 Å². The Morgan fingerprint density at radius 3 is 3.04 bits per heavy atom. The molecule has 2 atom stereocenters. The van der Waals surface area contributed by atoms with Gasteiger partial charge in [-0.1, -0.05) is 18.2 Å². The van der Waals surface area contributed by atoms with Crippen molar-refractivity contribution in [1.29, 1.82) is 0 Å². The number of aromatic nitrogens is 2. The molecule has 0 aliphatic carbocycles. The van der Waals surface area contributed by atoms with Gasteiger partial charge in [-0.05, 0) is 60.4 Å². The van der Waals surface area contributed by atoms with Crippen LogP contribution in [0.5, 0.6) is 5.75 Å². The minimum absolute atomic E-state index is 0.117. The molecule has 138 valence electrons. The highest BCUT2D eigenvalue weighted by molar-refractivity contribution is 9.10. The largest absolute Gasteiger partial charge is 0.508 e. The molecule has 0 spiro atoms. The lowest BCUT2D eigenvalue weighted by atomic mass is 9.98. The number of likely N-dealkylation sites (tertiary alicyclic amines) is 1. The van der Waals surface area contributed by atoms with Crippen molar-refractivity contribution in [1.82, 2.24) is 20.0 Å². The van der Waals surface area contributed by atoms with E-state index in [4.69, 9.17) is 0 Å². The first kappa shape index (κ1) is 17.4. The van der Waals surface area contributed by atoms with E-state index in [-0.39, 0.29) is 6.04 Å². The highest BCUT2D eigenvalue weighted by Gasteiger charge is 2.25. The quantitative estimate of drug-likeness (QED) is 0.712. The summed E-state index contributed by atoms with van der Waals surface area (Å²) in [5, 5.41) is 21.8. The predicted molar refractivity (Wildman–Crippen MR) is 107 cm³/mol. The van der Waals surface area contributed by atoms with Gasteiger partial charge in [-0.3, -0.25) is 0 Å². The molecule has 0 amide bonds. The van der Waals surface area contributed by atoms with Crippen molar-refractivity contribution in [2.24, 2.45) is 5.92 Å². The number of phenols is 1. The Bertz CT molecular complexity index is 818. The van der Waals surface area contributed by atoms with E-state index in [0.717, 1.165) is 34.8 Å². The molecular weight excluding hydrogens is 394 g/mol. The van der Waals surface area contributed by atoms with Gasteiger partial charge in [0.15, 0.2) is 0 Å². The van der Waals surface area contributed by atoms with Gasteiger partial charge in [0.1, 0.15) is 17.4 Å². The zero-order chi connectivity index (χ0) is 18.1. The third-order valence-electron chi connectivity index (χ3n) is 5.14. The van der Waals surface area contributed by atoms with Gasteiger partial charge in [-0.25, -0.2) is 4.68 Å². The second-order valence-electron chi connectivity index (χ2n) is 7.14. The number of halogens is 1. The maximum absolute atomic E-state index is 10.3. The molecule has 4 rings (SSSR count). The van der Waals surface area contributed by atoms with E-state index < -0.39 is 0 Å². The highest BCUT2D eigenvalue weighted by Crippen LogP contribution is 2.36. The molecule has 1 aromatic carbocycles. The number of nitrogens with one attached hydrogen (secondary N) is 2. The summed E-state index contributed by atoms with van der Waals surface area (Å²) < 4.78 is 2.79. The second kappa shape index (κ2) is 7.32. The average molecular weight is 418 g/mol. The molecule has 2 aliphatic rings. The Morgan fingerprint density at radius 2 is 2.23 bits per heavy atom. The average Bonchev–Trinajstić information content (AvgIpc) is 3.01. The molecule has 0 radical (unpaired) electrons. The van der Waals surface area contributed by atoms with Crippen molar-refractivity contribution in [2.75, 3.05) is 32.0 Å². The van der Waals surface area contributed by atoms with Gasteiger partial charge in [-0.15, -0.1) is 0 Å². The van der Waals surface area contributed by atoms with E-state index in [1.165, 1.54) is 19.4 Å². The van der Waals surface area contributed by atoms with E-state index in [0.29, 0.717) is 11.7 Å². The first-order valence-electron chi connectivity index (χ1n) is 9.04. The topological polar surface area (TPSA) is 65.3 Å². The molecule has 0 bridgehead atoms. The van der Waals surface area contributed by atoms with E-state index in [2.05, 4.69) is 49.7 Å². The van der Waals surface area contributed by atoms with Crippen LogP contribution in [0.15, 0.2) is 41.0 Å². The van der Waals surface area contributed by atoms with E-state index in [1.54, 1.807) is 12.3 Å². The van der Waals surface area contributed by atoms with Crippen molar-refractivity contribution < 1.29 is 5.11 Å². The van der Waals surface area contributed by atoms with Crippen molar-refractivity contribution in [2.45, 2.75) is 18.9 Å². The number of rotatable bonds is 4. The normalized spacial score (nSPS) is 23.1. The fourth-order valence-electron chi connectivity index (χ4n) is 3.80. The van der Waals surface area contributed by atoms with Gasteiger partial charge in [-0.2, -0.15) is 5.10 Å². The first-order valence-corrected chi connectivity index (χ1v) is 9.83. The van der Waals surface area contributed by atoms with Crippen molar-refractivity contribution in [3.05, 3.63) is 46.6 Å². The molecule has 1 fully saturated rings. The summed E-state index contributed by atoms with van der Waals surface area (Å²) in [6, 6.07) is 7.32. The Morgan fingerprint density at radius 1 is 1.38 bits per heavy atom. The van der Waals surface area contributed by atoms with Crippen LogP contribution >= 0.6 is 15.9 Å². The highest BCUT2D eigenvalue weighted by atomic mass is 79.9. The summed E-state index contributed by atoms with van der Waals surface area (Å²) in [4.78, 5) is 2.40. The summed E-state index contributed by atoms with van der Waals surface area (Å²) in [5.41, 5.74) is 0.851. The molecule has 2 aromatic rings. The number of anilines is 1. The van der Waals surface area contributed by atoms with E-state index >= 15 is 0 Å². The lowest BCUT2D eigenvalue weighted by molar-refractivity contribution is 0.210. The fraction of sp³-hybridized carbons (Fsp3) is 0.421. The zero-order valence-corrected chi connectivity index (χ0v) is 16.4. The lowest BCUT2D eigenvalue weighted by Crippen LogP contribution is -2.38. The van der Waals surface area contributed by atoms with Crippen LogP contribution < -0.4 is 10.6 Å². The molecule has 26 heavy (non-hydrogen) atoms. The van der Waals surface area contributed by atoms with Gasteiger partial charge in [0.2, 0.25) is 0 Å². The first-order chi connectivity index (χ1) is 12.6. The van der Waals surface area contributed by atoms with Gasteiger partial charge >= 0.3 is 0 Å². The van der Waals surface area contributed by atoms with Crippen LogP contribution in [0.3, 0.4) is 0 Å². The summed E-state index contributed by atoms with van der Waals surface area (Å²) >= 11 is 3.56. The predicted octanol–water partition coefficient (Wildman–Crippen LogP) is 3.25. The number of para-hydroxylation sites is 1. The number of aromatic hydroxyl groups is 1. The zero-order valence-electron chi connectivity index (χ0n) is 14.8. The maximum atomic E-state index is 10.3. The second-order valence-corrected chi connectivity index (χ2v) is 7.99. The number of nitrogens with zero attached hydrogens (tertiary/aromatic N) is 3. The SMILES string of the molecule is CN1CCCC(CNC2=CC(c3ccccc3O)Nc3c(Br)cnn32)C1. The Kier molecular flexibility index (Phi) is 4.91. The van der Waals surface area contributed by atoms with Crippen LogP contribution in [-0.2, 0) is 0 Å². The third kappa shape index (κ3) is 3.46. The smallest absolute Gasteiger partial charge is 0.146 e. The molecule has 1 aromatic heterocycles. The summed E-state index contributed by atoms with van der Waals surface area (Å²) in [6.07, 6.45) is 6.39. The van der Waals surface area contributed by atoms with E-state index in [9.17, 15) is 5.11 Å². The third-order valence-corrected chi connectivity index (χ3v) is 5.72. The maximum Gasteiger partial charge on any atom is 0.146 e. The Balaban J connectivity index is 1.58. The number of hydrogen-bond acceptors (Lipinski definition) is 5. The standard InChI is InChI=1S/C19H24BrN5O/c1-24-8-4-5-13(12-24)10-21-18-9-16(14-6-2-3-7-17(14)26)23-19-15(20)11-22-25(18)19/h2-3,6-7,9,11,13,16,21,23,26H,4-5,8,10,12H2,1H3. The lowest BCUT2D eigenvalue weighted by Gasteiger charge is -2.31. The molecule has 2 aliphatic heterocycles. The Labute approximate surface area is 162 Å². The molecule has 7 heteroatoms. The monoisotopic (exact) mass is 417 g/mol. The number of phenolic OH excluding ortho intramolecular Hbond substituents is 1. The Hall–Kier alpha value is -1.99. The van der Waals surface area contributed by atoms with Gasteiger partial charge in [0.25, 0.3) is 0 Å². The van der Waals surface area contributed by atoms with Crippen LogP contribution in [0.2, 0.25) is 0 Å². The minimum Gasteiger partial charge on any atom is -0.508 e. The van der Waals surface area contributed by atoms with Crippen molar-refractivity contribution in [3.8, 4) is 5.75 Å². The number of hydrogen-bond donors (Lipinski definition) is 3. The van der Waals surface area contributed by atoms with Crippen LogP contribution in [0.1, 0.15) is 24.4 Å². The van der Waals surface area contributed by atoms with Crippen LogP contribution in [0.4, 0.5) is 5.82 Å². The molecule has 3 heterocycles. The number of fused-ring (bicyclic) bond motifs is 1. The molecule has 1 saturated heterocycles. The molecule has 2 unspecified atom stereocenters. The summed E-state index contributed by atoms with van der Waals surface area (Å²) in [7, 11) is 2.19. The summed E-state index contributed by atoms with van der Waals surface area (Å²) in [5.74, 6) is 2.77. The van der Waals surface area contributed by atoms with Gasteiger partial charge in [0, 0.05) is 18.7 Å². The van der Waals surface area contributed by atoms with Crippen LogP contribution in [0, 0.1) is 5.92 Å². The van der Waals surface area contributed by atoms with Crippen molar-refractivity contribution in [3.63, 3.8) is 0 Å². The van der Waals surface area contributed by atoms with Gasteiger partial charge in [0.05, 0.1) is 16.7 Å². The molecule has 3 N–H and O–H groups in total. The van der Waals surface area contributed by atoms with Crippen LogP contribution in [-0.4, -0.2) is 46.5 Å². The minimum atomic E-state index is -0.117. The number of benzene rings is 1. The summed E-state index contributed by atoms with van der Waals surface area (Å²) in [6.45, 7) is 3.23.